The maximum Gasteiger partial charge on any atom is 0.251 e. The van der Waals surface area contributed by atoms with E-state index in [-0.39, 0.29) is 23.2 Å². The van der Waals surface area contributed by atoms with Gasteiger partial charge >= 0.3 is 0 Å². The Labute approximate surface area is 91.9 Å². The van der Waals surface area contributed by atoms with Crippen LogP contribution in [0.3, 0.4) is 0 Å². The van der Waals surface area contributed by atoms with Crippen LogP contribution in [0.25, 0.3) is 0 Å². The molecular formula is C10H11ClFNO2. The van der Waals surface area contributed by atoms with Gasteiger partial charge in [0.25, 0.3) is 5.91 Å². The number of rotatable bonds is 3. The van der Waals surface area contributed by atoms with Gasteiger partial charge in [-0.05, 0) is 25.1 Å². The van der Waals surface area contributed by atoms with Crippen molar-refractivity contribution in [3.05, 3.63) is 34.6 Å². The molecule has 1 amide bonds. The van der Waals surface area contributed by atoms with Crippen LogP contribution < -0.4 is 5.32 Å². The van der Waals surface area contributed by atoms with Crippen LogP contribution in [0.15, 0.2) is 18.2 Å². The van der Waals surface area contributed by atoms with E-state index in [4.69, 9.17) is 16.7 Å². The fraction of sp³-hybridized carbons (Fsp3) is 0.300. The quantitative estimate of drug-likeness (QED) is 0.830. The van der Waals surface area contributed by atoms with Crippen LogP contribution in [0.4, 0.5) is 4.39 Å². The minimum Gasteiger partial charge on any atom is -0.394 e. The first kappa shape index (κ1) is 11.9. The van der Waals surface area contributed by atoms with Crippen LogP contribution in [0.2, 0.25) is 5.02 Å². The molecule has 0 heterocycles. The van der Waals surface area contributed by atoms with Crippen LogP contribution in [0.1, 0.15) is 17.3 Å². The Morgan fingerprint density at radius 1 is 1.67 bits per heavy atom. The number of halogens is 2. The molecule has 82 valence electrons. The molecule has 5 heteroatoms. The number of carbonyl (C=O) groups is 1. The van der Waals surface area contributed by atoms with E-state index in [2.05, 4.69) is 5.32 Å². The summed E-state index contributed by atoms with van der Waals surface area (Å²) in [5.41, 5.74) is 0.265. The summed E-state index contributed by atoms with van der Waals surface area (Å²) in [6.45, 7) is 1.50. The third kappa shape index (κ3) is 3.18. The predicted molar refractivity (Wildman–Crippen MR) is 55.4 cm³/mol. The SMILES string of the molecule is C[C@@H](CO)NC(=O)c1ccc(F)c(Cl)c1. The molecule has 3 nitrogen and oxygen atoms in total. The van der Waals surface area contributed by atoms with Crippen LogP contribution in [-0.2, 0) is 0 Å². The Balaban J connectivity index is 2.78. The van der Waals surface area contributed by atoms with Crippen molar-refractivity contribution in [2.45, 2.75) is 13.0 Å². The highest BCUT2D eigenvalue weighted by molar-refractivity contribution is 6.31. The van der Waals surface area contributed by atoms with Gasteiger partial charge in [-0.2, -0.15) is 0 Å². The van der Waals surface area contributed by atoms with Gasteiger partial charge in [-0.15, -0.1) is 0 Å². The zero-order valence-corrected chi connectivity index (χ0v) is 8.88. The van der Waals surface area contributed by atoms with Crippen molar-refractivity contribution in [2.75, 3.05) is 6.61 Å². The summed E-state index contributed by atoms with van der Waals surface area (Å²) in [5, 5.41) is 11.2. The third-order valence-electron chi connectivity index (χ3n) is 1.83. The molecule has 1 rings (SSSR count). The topological polar surface area (TPSA) is 49.3 Å². The lowest BCUT2D eigenvalue weighted by atomic mass is 10.2. The lowest BCUT2D eigenvalue weighted by Crippen LogP contribution is -2.34. The van der Waals surface area contributed by atoms with E-state index in [0.717, 1.165) is 6.07 Å². The average Bonchev–Trinajstić information content (AvgIpc) is 2.21. The highest BCUT2D eigenvalue weighted by Crippen LogP contribution is 2.15. The van der Waals surface area contributed by atoms with Crippen molar-refractivity contribution >= 4 is 17.5 Å². The summed E-state index contributed by atoms with van der Waals surface area (Å²) in [7, 11) is 0. The number of hydrogen-bond acceptors (Lipinski definition) is 2. The molecule has 0 unspecified atom stereocenters. The van der Waals surface area contributed by atoms with Crippen molar-refractivity contribution in [1.29, 1.82) is 0 Å². The van der Waals surface area contributed by atoms with Gasteiger partial charge in [0.05, 0.1) is 11.6 Å². The third-order valence-corrected chi connectivity index (χ3v) is 2.12. The van der Waals surface area contributed by atoms with Gasteiger partial charge in [-0.3, -0.25) is 4.79 Å². The Bertz CT molecular complexity index is 370. The van der Waals surface area contributed by atoms with Gasteiger partial charge < -0.3 is 10.4 Å². The molecule has 0 aromatic heterocycles. The number of benzene rings is 1. The molecule has 1 aromatic rings. The number of nitrogens with one attached hydrogen (secondary N) is 1. The molecule has 15 heavy (non-hydrogen) atoms. The van der Waals surface area contributed by atoms with E-state index in [0.29, 0.717) is 0 Å². The van der Waals surface area contributed by atoms with E-state index in [9.17, 15) is 9.18 Å². The first-order valence-corrected chi connectivity index (χ1v) is 4.79. The average molecular weight is 232 g/mol. The molecule has 1 atom stereocenters. The first-order chi connectivity index (χ1) is 7.04. The highest BCUT2D eigenvalue weighted by atomic mass is 35.5. The van der Waals surface area contributed by atoms with Crippen molar-refractivity contribution < 1.29 is 14.3 Å². The van der Waals surface area contributed by atoms with Crippen LogP contribution in [-0.4, -0.2) is 23.7 Å². The second-order valence-electron chi connectivity index (χ2n) is 3.19. The summed E-state index contributed by atoms with van der Waals surface area (Å²) in [6.07, 6.45) is 0. The first-order valence-electron chi connectivity index (χ1n) is 4.41. The molecule has 1 aromatic carbocycles. The van der Waals surface area contributed by atoms with Crippen LogP contribution in [0, 0.1) is 5.82 Å². The fourth-order valence-electron chi connectivity index (χ4n) is 0.990. The smallest absolute Gasteiger partial charge is 0.251 e. The summed E-state index contributed by atoms with van der Waals surface area (Å²) in [6, 6.07) is 3.36. The molecule has 0 saturated heterocycles. The predicted octanol–water partition coefficient (Wildman–Crippen LogP) is 1.59. The molecule has 0 aliphatic carbocycles. The standard InChI is InChI=1S/C10H11ClFNO2/c1-6(5-14)13-10(15)7-2-3-9(12)8(11)4-7/h2-4,6,14H,5H2,1H3,(H,13,15)/t6-/m0/s1. The minimum absolute atomic E-state index is 0.0979. The molecular weight excluding hydrogens is 221 g/mol. The Hall–Kier alpha value is -1.13. The zero-order valence-electron chi connectivity index (χ0n) is 8.13. The highest BCUT2D eigenvalue weighted by Gasteiger charge is 2.10. The largest absolute Gasteiger partial charge is 0.394 e. The van der Waals surface area contributed by atoms with E-state index in [1.165, 1.54) is 12.1 Å². The Morgan fingerprint density at radius 3 is 2.87 bits per heavy atom. The van der Waals surface area contributed by atoms with Gasteiger partial charge in [0.15, 0.2) is 0 Å². The molecule has 0 bridgehead atoms. The number of aliphatic hydroxyl groups excluding tert-OH is 1. The van der Waals surface area contributed by atoms with Crippen molar-refractivity contribution in [2.24, 2.45) is 0 Å². The van der Waals surface area contributed by atoms with Crippen LogP contribution in [0.5, 0.6) is 0 Å². The molecule has 0 aliphatic heterocycles. The number of hydrogen-bond donors (Lipinski definition) is 2. The fourth-order valence-corrected chi connectivity index (χ4v) is 1.17. The molecule has 0 radical (unpaired) electrons. The van der Waals surface area contributed by atoms with Crippen molar-refractivity contribution in [3.8, 4) is 0 Å². The number of aliphatic hydroxyl groups is 1. The Morgan fingerprint density at radius 2 is 2.33 bits per heavy atom. The molecule has 0 aliphatic rings. The minimum atomic E-state index is -0.566. The van der Waals surface area contributed by atoms with Crippen molar-refractivity contribution in [3.63, 3.8) is 0 Å². The Kier molecular flexibility index (Phi) is 4.05. The van der Waals surface area contributed by atoms with Gasteiger partial charge in [-0.25, -0.2) is 4.39 Å². The zero-order chi connectivity index (χ0) is 11.4. The van der Waals surface area contributed by atoms with Crippen molar-refractivity contribution in [1.82, 2.24) is 5.32 Å². The summed E-state index contributed by atoms with van der Waals surface area (Å²) in [4.78, 5) is 11.5. The monoisotopic (exact) mass is 231 g/mol. The second-order valence-corrected chi connectivity index (χ2v) is 3.59. The maximum atomic E-state index is 12.8. The van der Waals surface area contributed by atoms with E-state index >= 15 is 0 Å². The van der Waals surface area contributed by atoms with E-state index in [1.54, 1.807) is 6.92 Å². The normalized spacial score (nSPS) is 12.3. The van der Waals surface area contributed by atoms with E-state index < -0.39 is 11.7 Å². The molecule has 2 N–H and O–H groups in total. The summed E-state index contributed by atoms with van der Waals surface area (Å²) >= 11 is 5.52. The molecule has 0 saturated carbocycles. The molecule has 0 fully saturated rings. The van der Waals surface area contributed by atoms with Gasteiger partial charge in [-0.1, -0.05) is 11.6 Å². The number of carbonyl (C=O) groups excluding carboxylic acids is 1. The van der Waals surface area contributed by atoms with Gasteiger partial charge in [0.1, 0.15) is 5.82 Å². The van der Waals surface area contributed by atoms with Crippen LogP contribution >= 0.6 is 11.6 Å². The summed E-state index contributed by atoms with van der Waals surface area (Å²) in [5.74, 6) is -0.957. The van der Waals surface area contributed by atoms with Gasteiger partial charge in [0.2, 0.25) is 0 Å². The lowest BCUT2D eigenvalue weighted by Gasteiger charge is -2.10. The van der Waals surface area contributed by atoms with Gasteiger partial charge in [0, 0.05) is 11.6 Å². The maximum absolute atomic E-state index is 12.8. The molecule has 0 spiro atoms. The second kappa shape index (κ2) is 5.09. The number of amides is 1. The van der Waals surface area contributed by atoms with E-state index in [1.807, 2.05) is 0 Å². The summed E-state index contributed by atoms with van der Waals surface area (Å²) < 4.78 is 12.8. The lowest BCUT2D eigenvalue weighted by molar-refractivity contribution is 0.0922.